The number of fused-ring (bicyclic) bond motifs is 3. The molecule has 0 fully saturated rings. The summed E-state index contributed by atoms with van der Waals surface area (Å²) >= 11 is 5.04. The number of nitrogens with zero attached hydrogens (tertiary/aromatic N) is 1. The Morgan fingerprint density at radius 3 is 2.93 bits per heavy atom. The average molecular weight is 202 g/mol. The van der Waals surface area contributed by atoms with Gasteiger partial charge in [0.25, 0.3) is 0 Å². The molecule has 0 saturated heterocycles. The first-order valence-corrected chi connectivity index (χ1v) is 4.64. The SMILES string of the molecule is O=C1NC(=S)c2cc3ccccc3n21. The van der Waals surface area contributed by atoms with Crippen LogP contribution in [0.2, 0.25) is 0 Å². The maximum atomic E-state index is 11.5. The van der Waals surface area contributed by atoms with Crippen LogP contribution in [0.15, 0.2) is 30.3 Å². The number of para-hydroxylation sites is 1. The molecule has 0 atom stereocenters. The second-order valence-electron chi connectivity index (χ2n) is 3.18. The van der Waals surface area contributed by atoms with Crippen molar-refractivity contribution in [3.8, 4) is 0 Å². The second kappa shape index (κ2) is 2.42. The molecule has 0 saturated carbocycles. The van der Waals surface area contributed by atoms with Crippen molar-refractivity contribution in [1.82, 2.24) is 9.88 Å². The zero-order valence-corrected chi connectivity index (χ0v) is 7.97. The van der Waals surface area contributed by atoms with Crippen molar-refractivity contribution in [3.63, 3.8) is 0 Å². The van der Waals surface area contributed by atoms with Gasteiger partial charge in [0, 0.05) is 5.39 Å². The highest BCUT2D eigenvalue weighted by Crippen LogP contribution is 2.22. The molecule has 0 aliphatic carbocycles. The van der Waals surface area contributed by atoms with E-state index in [0.717, 1.165) is 16.6 Å². The lowest BCUT2D eigenvalue weighted by atomic mass is 10.2. The Labute approximate surface area is 85.3 Å². The van der Waals surface area contributed by atoms with Crippen LogP contribution in [0.3, 0.4) is 0 Å². The second-order valence-corrected chi connectivity index (χ2v) is 3.59. The van der Waals surface area contributed by atoms with Gasteiger partial charge in [-0.25, -0.2) is 4.79 Å². The van der Waals surface area contributed by atoms with Crippen LogP contribution in [0, 0.1) is 0 Å². The molecule has 1 aliphatic heterocycles. The summed E-state index contributed by atoms with van der Waals surface area (Å²) < 4.78 is 1.61. The monoisotopic (exact) mass is 202 g/mol. The maximum Gasteiger partial charge on any atom is 0.331 e. The van der Waals surface area contributed by atoms with E-state index in [-0.39, 0.29) is 6.03 Å². The minimum atomic E-state index is -0.161. The molecule has 1 aromatic carbocycles. The molecule has 1 aliphatic rings. The molecule has 1 amide bonds. The first-order valence-electron chi connectivity index (χ1n) is 4.23. The number of benzene rings is 1. The van der Waals surface area contributed by atoms with E-state index in [9.17, 15) is 4.79 Å². The fourth-order valence-corrected chi connectivity index (χ4v) is 2.00. The number of carbonyl (C=O) groups is 1. The standard InChI is InChI=1S/C10H6N2OS/c13-10-11-9(14)8-5-6-3-1-2-4-7(6)12(8)10/h1-5H,(H,11,13,14). The van der Waals surface area contributed by atoms with Crippen LogP contribution in [0.25, 0.3) is 10.9 Å². The molecule has 68 valence electrons. The average Bonchev–Trinajstić information content (AvgIpc) is 2.66. The van der Waals surface area contributed by atoms with Crippen LogP contribution in [0.1, 0.15) is 5.69 Å². The molecule has 0 unspecified atom stereocenters. The van der Waals surface area contributed by atoms with Crippen molar-refractivity contribution in [3.05, 3.63) is 36.0 Å². The summed E-state index contributed by atoms with van der Waals surface area (Å²) in [4.78, 5) is 12.0. The Bertz CT molecular complexity index is 571. The molecule has 2 aromatic rings. The van der Waals surface area contributed by atoms with Crippen LogP contribution in [0.5, 0.6) is 0 Å². The molecule has 0 radical (unpaired) electrons. The Morgan fingerprint density at radius 2 is 2.07 bits per heavy atom. The summed E-state index contributed by atoms with van der Waals surface area (Å²) in [5.74, 6) is 0. The van der Waals surface area contributed by atoms with Crippen LogP contribution in [0.4, 0.5) is 4.79 Å². The zero-order chi connectivity index (χ0) is 9.71. The molecule has 0 bridgehead atoms. The van der Waals surface area contributed by atoms with Crippen LogP contribution in [-0.2, 0) is 0 Å². The van der Waals surface area contributed by atoms with Gasteiger partial charge >= 0.3 is 6.03 Å². The van der Waals surface area contributed by atoms with Crippen LogP contribution >= 0.6 is 12.2 Å². The number of rotatable bonds is 0. The summed E-state index contributed by atoms with van der Waals surface area (Å²) in [7, 11) is 0. The van der Waals surface area contributed by atoms with Crippen molar-refractivity contribution in [2.45, 2.75) is 0 Å². The molecule has 3 rings (SSSR count). The minimum Gasteiger partial charge on any atom is -0.296 e. The summed E-state index contributed by atoms with van der Waals surface area (Å²) in [5, 5.41) is 3.65. The number of hydrogen-bond acceptors (Lipinski definition) is 2. The van der Waals surface area contributed by atoms with E-state index in [1.165, 1.54) is 0 Å². The Kier molecular flexibility index (Phi) is 1.33. The number of carbonyl (C=O) groups excluding carboxylic acids is 1. The van der Waals surface area contributed by atoms with Gasteiger partial charge in [0.15, 0.2) is 0 Å². The Hall–Kier alpha value is -1.68. The van der Waals surface area contributed by atoms with Gasteiger partial charge in [-0.05, 0) is 12.1 Å². The number of aromatic nitrogens is 1. The molecule has 4 heteroatoms. The summed E-state index contributed by atoms with van der Waals surface area (Å²) in [6.45, 7) is 0. The lowest BCUT2D eigenvalue weighted by Gasteiger charge is -1.95. The molecule has 2 heterocycles. The number of amides is 1. The van der Waals surface area contributed by atoms with Gasteiger partial charge in [-0.3, -0.25) is 9.88 Å². The highest BCUT2D eigenvalue weighted by atomic mass is 32.1. The summed E-state index contributed by atoms with van der Waals surface area (Å²) in [5.41, 5.74) is 1.69. The smallest absolute Gasteiger partial charge is 0.296 e. The third-order valence-electron chi connectivity index (χ3n) is 2.37. The fraction of sp³-hybridized carbons (Fsp3) is 0. The molecular formula is C10H6N2OS. The molecule has 14 heavy (non-hydrogen) atoms. The van der Waals surface area contributed by atoms with Crippen molar-refractivity contribution >= 4 is 34.1 Å². The quantitative estimate of drug-likeness (QED) is 0.662. The Balaban J connectivity index is 2.49. The highest BCUT2D eigenvalue weighted by molar-refractivity contribution is 7.80. The first kappa shape index (κ1) is 7.70. The van der Waals surface area contributed by atoms with Crippen LogP contribution in [-0.4, -0.2) is 15.6 Å². The largest absolute Gasteiger partial charge is 0.331 e. The van der Waals surface area contributed by atoms with E-state index >= 15 is 0 Å². The molecular weight excluding hydrogens is 196 g/mol. The normalized spacial score (nSPS) is 14.6. The van der Waals surface area contributed by atoms with Gasteiger partial charge in [0.2, 0.25) is 0 Å². The molecule has 3 nitrogen and oxygen atoms in total. The summed E-state index contributed by atoms with van der Waals surface area (Å²) in [6.07, 6.45) is 0. The maximum absolute atomic E-state index is 11.5. The predicted octanol–water partition coefficient (Wildman–Crippen LogP) is 1.89. The third kappa shape index (κ3) is 0.807. The van der Waals surface area contributed by atoms with E-state index in [2.05, 4.69) is 5.32 Å². The lowest BCUT2D eigenvalue weighted by molar-refractivity contribution is 0.249. The van der Waals surface area contributed by atoms with E-state index < -0.39 is 0 Å². The molecule has 0 spiro atoms. The van der Waals surface area contributed by atoms with Gasteiger partial charge in [-0.2, -0.15) is 0 Å². The topological polar surface area (TPSA) is 34.0 Å². The van der Waals surface area contributed by atoms with Crippen molar-refractivity contribution in [2.75, 3.05) is 0 Å². The van der Waals surface area contributed by atoms with Gasteiger partial charge in [0.05, 0.1) is 11.2 Å². The number of thiocarbonyl (C=S) groups is 1. The van der Waals surface area contributed by atoms with E-state index in [4.69, 9.17) is 12.2 Å². The van der Waals surface area contributed by atoms with Gasteiger partial charge in [0.1, 0.15) is 4.99 Å². The lowest BCUT2D eigenvalue weighted by Crippen LogP contribution is -2.21. The zero-order valence-electron chi connectivity index (χ0n) is 7.15. The van der Waals surface area contributed by atoms with E-state index in [1.54, 1.807) is 4.57 Å². The Morgan fingerprint density at radius 1 is 1.29 bits per heavy atom. The van der Waals surface area contributed by atoms with E-state index in [1.807, 2.05) is 30.3 Å². The predicted molar refractivity (Wildman–Crippen MR) is 57.6 cm³/mol. The number of hydrogen-bond donors (Lipinski definition) is 1. The van der Waals surface area contributed by atoms with Crippen molar-refractivity contribution in [1.29, 1.82) is 0 Å². The van der Waals surface area contributed by atoms with Gasteiger partial charge in [-0.15, -0.1) is 0 Å². The first-order chi connectivity index (χ1) is 6.77. The van der Waals surface area contributed by atoms with Gasteiger partial charge < -0.3 is 0 Å². The molecule has 1 N–H and O–H groups in total. The van der Waals surface area contributed by atoms with Crippen molar-refractivity contribution < 1.29 is 4.79 Å². The molecule has 1 aromatic heterocycles. The summed E-state index contributed by atoms with van der Waals surface area (Å²) in [6, 6.07) is 9.49. The fourth-order valence-electron chi connectivity index (χ4n) is 1.76. The van der Waals surface area contributed by atoms with Gasteiger partial charge in [-0.1, -0.05) is 30.4 Å². The van der Waals surface area contributed by atoms with E-state index in [0.29, 0.717) is 4.99 Å². The number of nitrogens with one attached hydrogen (secondary N) is 1. The van der Waals surface area contributed by atoms with Crippen molar-refractivity contribution in [2.24, 2.45) is 0 Å². The minimum absolute atomic E-state index is 0.161. The highest BCUT2D eigenvalue weighted by Gasteiger charge is 2.25. The third-order valence-corrected chi connectivity index (χ3v) is 2.68. The van der Waals surface area contributed by atoms with Crippen LogP contribution < -0.4 is 5.32 Å².